The predicted molar refractivity (Wildman–Crippen MR) is 124 cm³/mol. The van der Waals surface area contributed by atoms with Crippen molar-refractivity contribution in [3.8, 4) is 0 Å². The lowest BCUT2D eigenvalue weighted by Crippen LogP contribution is -2.35. The molecule has 0 heterocycles. The van der Waals surface area contributed by atoms with Crippen molar-refractivity contribution in [2.24, 2.45) is 5.41 Å². The number of thioether (sulfide) groups is 1. The number of ketones is 2. The Morgan fingerprint density at radius 2 is 1.58 bits per heavy atom. The molecule has 0 aliphatic carbocycles. The average Bonchev–Trinajstić information content (AvgIpc) is 2.71. The van der Waals surface area contributed by atoms with E-state index in [9.17, 15) is 19.2 Å². The monoisotopic (exact) mass is 440 g/mol. The number of hydrogen-bond donors (Lipinski definition) is 2. The van der Waals surface area contributed by atoms with Crippen molar-refractivity contribution >= 4 is 40.8 Å². The molecule has 0 aliphatic heterocycles. The molecule has 7 heteroatoms. The third-order valence-corrected chi connectivity index (χ3v) is 5.79. The topological polar surface area (TPSA) is 92.3 Å². The van der Waals surface area contributed by atoms with Crippen molar-refractivity contribution in [1.29, 1.82) is 0 Å². The molecule has 2 aromatic carbocycles. The molecule has 0 aliphatic rings. The van der Waals surface area contributed by atoms with Gasteiger partial charge in [-0.3, -0.25) is 19.2 Å². The van der Waals surface area contributed by atoms with Gasteiger partial charge in [0.25, 0.3) is 5.91 Å². The molecule has 0 saturated heterocycles. The van der Waals surface area contributed by atoms with Crippen LogP contribution in [-0.4, -0.2) is 35.2 Å². The van der Waals surface area contributed by atoms with Gasteiger partial charge in [0.05, 0.1) is 17.4 Å². The van der Waals surface area contributed by atoms with Crippen molar-refractivity contribution in [1.82, 2.24) is 5.32 Å². The maximum atomic E-state index is 12.6. The summed E-state index contributed by atoms with van der Waals surface area (Å²) in [6, 6.07) is 13.7. The van der Waals surface area contributed by atoms with Crippen LogP contribution in [0.3, 0.4) is 0 Å². The molecule has 2 rings (SSSR count). The summed E-state index contributed by atoms with van der Waals surface area (Å²) >= 11 is 1.26. The Morgan fingerprint density at radius 1 is 0.968 bits per heavy atom. The van der Waals surface area contributed by atoms with E-state index in [1.165, 1.54) is 18.7 Å². The number of benzene rings is 2. The van der Waals surface area contributed by atoms with Crippen molar-refractivity contribution < 1.29 is 19.2 Å². The lowest BCUT2D eigenvalue weighted by molar-refractivity contribution is -0.125. The smallest absolute Gasteiger partial charge is 0.252 e. The number of rotatable bonds is 8. The van der Waals surface area contributed by atoms with Gasteiger partial charge in [0.2, 0.25) is 5.91 Å². The minimum absolute atomic E-state index is 0.0408. The van der Waals surface area contributed by atoms with Crippen molar-refractivity contribution in [2.45, 2.75) is 44.8 Å². The molecule has 164 valence electrons. The summed E-state index contributed by atoms with van der Waals surface area (Å²) in [5, 5.41) is 5.02. The molecule has 2 amide bonds. The number of carbonyl (C=O) groups excluding carboxylic acids is 4. The van der Waals surface area contributed by atoms with E-state index in [0.29, 0.717) is 21.7 Å². The second kappa shape index (κ2) is 10.4. The molecule has 0 bridgehead atoms. The highest BCUT2D eigenvalue weighted by Gasteiger charge is 2.23. The van der Waals surface area contributed by atoms with Crippen LogP contribution in [0.2, 0.25) is 0 Å². The largest absolute Gasteiger partial charge is 0.345 e. The van der Waals surface area contributed by atoms with Crippen LogP contribution in [-0.2, 0) is 9.59 Å². The number of Topliss-reactive ketones (excluding diaryl/α,β-unsaturated/α-hetero) is 2. The Balaban J connectivity index is 2.03. The molecule has 0 spiro atoms. The SMILES string of the molecule is CC(=O)c1ccc(NC(=O)C(C)Sc2ccccc2C(=O)NCC(=O)C(C)(C)C)cc1. The summed E-state index contributed by atoms with van der Waals surface area (Å²) in [6.45, 7) is 8.60. The molecule has 0 saturated carbocycles. The molecule has 1 unspecified atom stereocenters. The van der Waals surface area contributed by atoms with E-state index in [1.807, 2.05) is 0 Å². The van der Waals surface area contributed by atoms with E-state index in [1.54, 1.807) is 76.2 Å². The zero-order chi connectivity index (χ0) is 23.2. The van der Waals surface area contributed by atoms with Crippen molar-refractivity contribution in [3.63, 3.8) is 0 Å². The quantitative estimate of drug-likeness (QED) is 0.470. The van der Waals surface area contributed by atoms with E-state index in [4.69, 9.17) is 0 Å². The Morgan fingerprint density at radius 3 is 2.16 bits per heavy atom. The number of nitrogens with one attached hydrogen (secondary N) is 2. The maximum absolute atomic E-state index is 12.6. The Hall–Kier alpha value is -2.93. The molecule has 6 nitrogen and oxygen atoms in total. The summed E-state index contributed by atoms with van der Waals surface area (Å²) < 4.78 is 0. The van der Waals surface area contributed by atoms with E-state index in [-0.39, 0.29) is 29.9 Å². The summed E-state index contributed by atoms with van der Waals surface area (Å²) in [7, 11) is 0. The fourth-order valence-electron chi connectivity index (χ4n) is 2.55. The fraction of sp³-hybridized carbons (Fsp3) is 0.333. The summed E-state index contributed by atoms with van der Waals surface area (Å²) in [5.74, 6) is -0.678. The van der Waals surface area contributed by atoms with E-state index < -0.39 is 10.7 Å². The van der Waals surface area contributed by atoms with Gasteiger partial charge in [0.1, 0.15) is 0 Å². The first-order valence-electron chi connectivity index (χ1n) is 9.98. The van der Waals surface area contributed by atoms with Gasteiger partial charge in [0.15, 0.2) is 11.6 Å². The van der Waals surface area contributed by atoms with Crippen LogP contribution in [0, 0.1) is 5.41 Å². The van der Waals surface area contributed by atoms with Gasteiger partial charge in [-0.2, -0.15) is 0 Å². The predicted octanol–water partition coefficient (Wildman–Crippen LogP) is 4.35. The number of anilines is 1. The zero-order valence-electron chi connectivity index (χ0n) is 18.4. The fourth-order valence-corrected chi connectivity index (χ4v) is 3.55. The van der Waals surface area contributed by atoms with Gasteiger partial charge in [-0.1, -0.05) is 32.9 Å². The Kier molecular flexibility index (Phi) is 8.16. The first kappa shape index (κ1) is 24.3. The molecule has 0 radical (unpaired) electrons. The highest BCUT2D eigenvalue weighted by atomic mass is 32.2. The lowest BCUT2D eigenvalue weighted by atomic mass is 9.91. The van der Waals surface area contributed by atoms with Crippen LogP contribution in [0.25, 0.3) is 0 Å². The third-order valence-electron chi connectivity index (χ3n) is 4.61. The molecule has 0 fully saturated rings. The first-order valence-corrected chi connectivity index (χ1v) is 10.9. The average molecular weight is 441 g/mol. The van der Waals surface area contributed by atoms with Crippen LogP contribution in [0.1, 0.15) is 55.3 Å². The first-order chi connectivity index (χ1) is 14.5. The van der Waals surface area contributed by atoms with Gasteiger partial charge in [-0.15, -0.1) is 11.8 Å². The number of hydrogen-bond acceptors (Lipinski definition) is 5. The van der Waals surface area contributed by atoms with Gasteiger partial charge in [-0.05, 0) is 50.2 Å². The molecule has 2 aromatic rings. The standard InChI is InChI=1S/C24H28N2O4S/c1-15(27)17-10-12-18(13-11-17)26-22(29)16(2)31-20-9-7-6-8-19(20)23(30)25-14-21(28)24(3,4)5/h6-13,16H,14H2,1-5H3,(H,25,30)(H,26,29). The van der Waals surface area contributed by atoms with Gasteiger partial charge in [-0.25, -0.2) is 0 Å². The van der Waals surface area contributed by atoms with E-state index in [0.717, 1.165) is 0 Å². The van der Waals surface area contributed by atoms with E-state index >= 15 is 0 Å². The lowest BCUT2D eigenvalue weighted by Gasteiger charge is -2.18. The molecule has 31 heavy (non-hydrogen) atoms. The van der Waals surface area contributed by atoms with Gasteiger partial charge < -0.3 is 10.6 Å². The minimum Gasteiger partial charge on any atom is -0.345 e. The zero-order valence-corrected chi connectivity index (χ0v) is 19.3. The third kappa shape index (κ3) is 7.07. The van der Waals surface area contributed by atoms with Gasteiger partial charge in [0, 0.05) is 21.6 Å². The van der Waals surface area contributed by atoms with Crippen LogP contribution in [0.5, 0.6) is 0 Å². The maximum Gasteiger partial charge on any atom is 0.252 e. The number of amides is 2. The second-order valence-corrected chi connectivity index (χ2v) is 9.62. The normalized spacial score (nSPS) is 12.0. The summed E-state index contributed by atoms with van der Waals surface area (Å²) in [6.07, 6.45) is 0. The molecular formula is C24H28N2O4S. The van der Waals surface area contributed by atoms with Crippen molar-refractivity contribution in [2.75, 3.05) is 11.9 Å². The van der Waals surface area contributed by atoms with Crippen LogP contribution >= 0.6 is 11.8 Å². The molecule has 1 atom stereocenters. The Labute approximate surface area is 187 Å². The van der Waals surface area contributed by atoms with Crippen LogP contribution in [0.4, 0.5) is 5.69 Å². The highest BCUT2D eigenvalue weighted by molar-refractivity contribution is 8.00. The molecule has 2 N–H and O–H groups in total. The van der Waals surface area contributed by atoms with Crippen LogP contribution < -0.4 is 10.6 Å². The van der Waals surface area contributed by atoms with E-state index in [2.05, 4.69) is 10.6 Å². The summed E-state index contributed by atoms with van der Waals surface area (Å²) in [4.78, 5) is 49.3. The van der Waals surface area contributed by atoms with Crippen molar-refractivity contribution in [3.05, 3.63) is 59.7 Å². The molecular weight excluding hydrogens is 412 g/mol. The van der Waals surface area contributed by atoms with Crippen LogP contribution in [0.15, 0.2) is 53.4 Å². The van der Waals surface area contributed by atoms with Gasteiger partial charge >= 0.3 is 0 Å². The number of carbonyl (C=O) groups is 4. The summed E-state index contributed by atoms with van der Waals surface area (Å²) in [5.41, 5.74) is 1.05. The highest BCUT2D eigenvalue weighted by Crippen LogP contribution is 2.28. The molecule has 0 aromatic heterocycles. The minimum atomic E-state index is -0.531. The Bertz CT molecular complexity index is 978. The second-order valence-electron chi connectivity index (χ2n) is 8.23.